The van der Waals surface area contributed by atoms with Crippen LogP contribution in [0.15, 0.2) is 23.1 Å². The maximum Gasteiger partial charge on any atom is 0.256 e. The van der Waals surface area contributed by atoms with Gasteiger partial charge in [0.2, 0.25) is 10.0 Å². The van der Waals surface area contributed by atoms with Crippen molar-refractivity contribution in [2.75, 3.05) is 71.6 Å². The fraction of sp³-hybridized carbons (Fsp3) is 0.650. The van der Waals surface area contributed by atoms with Crippen molar-refractivity contribution in [2.24, 2.45) is 0 Å². The SMILES string of the molecule is CN(C)S(=O)(=O)c1ccc(N2CCOCC2)c(C(=O)N2CCC3(CC2)OCCO3)c1. The highest BCUT2D eigenvalue weighted by Crippen LogP contribution is 2.33. The molecule has 3 heterocycles. The highest BCUT2D eigenvalue weighted by Gasteiger charge is 2.41. The molecule has 1 spiro atoms. The summed E-state index contributed by atoms with van der Waals surface area (Å²) in [7, 11) is -0.681. The van der Waals surface area contributed by atoms with Gasteiger partial charge in [-0.05, 0) is 18.2 Å². The van der Waals surface area contributed by atoms with Crippen molar-refractivity contribution in [3.63, 3.8) is 0 Å². The minimum absolute atomic E-state index is 0.115. The number of benzene rings is 1. The molecule has 0 atom stereocenters. The number of carbonyl (C=O) groups excluding carboxylic acids is 1. The number of ether oxygens (including phenoxy) is 3. The van der Waals surface area contributed by atoms with Crippen LogP contribution in [0.3, 0.4) is 0 Å². The fourth-order valence-corrected chi connectivity index (χ4v) is 5.07. The minimum Gasteiger partial charge on any atom is -0.378 e. The van der Waals surface area contributed by atoms with E-state index in [1.165, 1.54) is 20.2 Å². The molecule has 166 valence electrons. The maximum atomic E-state index is 13.5. The highest BCUT2D eigenvalue weighted by atomic mass is 32.2. The van der Waals surface area contributed by atoms with Crippen molar-refractivity contribution in [1.29, 1.82) is 0 Å². The summed E-state index contributed by atoms with van der Waals surface area (Å²) in [6, 6.07) is 4.82. The average Bonchev–Trinajstić information content (AvgIpc) is 3.21. The number of hydrogen-bond acceptors (Lipinski definition) is 7. The molecule has 4 rings (SSSR count). The van der Waals surface area contributed by atoms with E-state index in [9.17, 15) is 13.2 Å². The van der Waals surface area contributed by atoms with Crippen LogP contribution < -0.4 is 4.90 Å². The van der Waals surface area contributed by atoms with Crippen LogP contribution in [0.1, 0.15) is 23.2 Å². The van der Waals surface area contributed by atoms with E-state index < -0.39 is 15.8 Å². The number of hydrogen-bond donors (Lipinski definition) is 0. The molecule has 3 aliphatic rings. The molecule has 1 aromatic carbocycles. The van der Waals surface area contributed by atoms with Crippen LogP contribution in [-0.4, -0.2) is 96.0 Å². The van der Waals surface area contributed by atoms with Crippen molar-refractivity contribution < 1.29 is 27.4 Å². The average molecular weight is 440 g/mol. The lowest BCUT2D eigenvalue weighted by Crippen LogP contribution is -2.47. The van der Waals surface area contributed by atoms with Crippen LogP contribution in [0, 0.1) is 0 Å². The van der Waals surface area contributed by atoms with Gasteiger partial charge in [-0.1, -0.05) is 0 Å². The molecule has 3 aliphatic heterocycles. The van der Waals surface area contributed by atoms with Crippen LogP contribution in [0.2, 0.25) is 0 Å². The molecule has 0 aliphatic carbocycles. The lowest BCUT2D eigenvalue weighted by Gasteiger charge is -2.38. The number of sulfonamides is 1. The highest BCUT2D eigenvalue weighted by molar-refractivity contribution is 7.89. The number of carbonyl (C=O) groups is 1. The van der Waals surface area contributed by atoms with Gasteiger partial charge < -0.3 is 24.0 Å². The normalized spacial score (nSPS) is 22.1. The van der Waals surface area contributed by atoms with Gasteiger partial charge in [-0.15, -0.1) is 0 Å². The maximum absolute atomic E-state index is 13.5. The van der Waals surface area contributed by atoms with Gasteiger partial charge in [-0.2, -0.15) is 0 Å². The second-order valence-corrected chi connectivity index (χ2v) is 10.1. The molecular formula is C20H29N3O6S. The Hall–Kier alpha value is -1.72. The Labute approximate surface area is 177 Å². The van der Waals surface area contributed by atoms with Crippen LogP contribution in [0.25, 0.3) is 0 Å². The van der Waals surface area contributed by atoms with E-state index in [0.29, 0.717) is 71.0 Å². The number of amides is 1. The number of anilines is 1. The first-order valence-electron chi connectivity index (χ1n) is 10.3. The Balaban J connectivity index is 1.64. The van der Waals surface area contributed by atoms with Gasteiger partial charge in [0.1, 0.15) is 0 Å². The molecule has 9 nitrogen and oxygen atoms in total. The third-order valence-electron chi connectivity index (χ3n) is 5.95. The topological polar surface area (TPSA) is 88.6 Å². The predicted octanol–water partition coefficient (Wildman–Crippen LogP) is 0.753. The summed E-state index contributed by atoms with van der Waals surface area (Å²) in [6.07, 6.45) is 1.22. The summed E-state index contributed by atoms with van der Waals surface area (Å²) < 4.78 is 43.5. The van der Waals surface area contributed by atoms with Gasteiger partial charge in [0.05, 0.1) is 36.9 Å². The summed E-state index contributed by atoms with van der Waals surface area (Å²) in [6.45, 7) is 4.64. The third-order valence-corrected chi connectivity index (χ3v) is 7.77. The van der Waals surface area contributed by atoms with E-state index in [-0.39, 0.29) is 10.8 Å². The Morgan fingerprint density at radius 2 is 1.63 bits per heavy atom. The molecular weight excluding hydrogens is 410 g/mol. The third kappa shape index (κ3) is 4.06. The molecule has 3 saturated heterocycles. The summed E-state index contributed by atoms with van der Waals surface area (Å²) >= 11 is 0. The smallest absolute Gasteiger partial charge is 0.256 e. The van der Waals surface area contributed by atoms with E-state index in [1.807, 2.05) is 0 Å². The van der Waals surface area contributed by atoms with Crippen LogP contribution >= 0.6 is 0 Å². The molecule has 0 unspecified atom stereocenters. The van der Waals surface area contributed by atoms with E-state index in [1.54, 1.807) is 17.0 Å². The second kappa shape index (κ2) is 8.43. The largest absolute Gasteiger partial charge is 0.378 e. The quantitative estimate of drug-likeness (QED) is 0.684. The lowest BCUT2D eigenvalue weighted by molar-refractivity contribution is -0.181. The van der Waals surface area contributed by atoms with Crippen molar-refractivity contribution in [3.05, 3.63) is 23.8 Å². The summed E-state index contributed by atoms with van der Waals surface area (Å²) in [5, 5.41) is 0. The molecule has 10 heteroatoms. The first kappa shape index (κ1) is 21.5. The van der Waals surface area contributed by atoms with E-state index >= 15 is 0 Å². The van der Waals surface area contributed by atoms with E-state index in [4.69, 9.17) is 14.2 Å². The van der Waals surface area contributed by atoms with E-state index in [0.717, 1.165) is 9.99 Å². The minimum atomic E-state index is -3.65. The van der Waals surface area contributed by atoms with Gasteiger partial charge in [0.15, 0.2) is 5.79 Å². The van der Waals surface area contributed by atoms with Gasteiger partial charge in [-0.3, -0.25) is 4.79 Å². The number of piperidine rings is 1. The standard InChI is InChI=1S/C20H29N3O6S/c1-21(2)30(25,26)16-3-4-18(22-9-11-27-12-10-22)17(15-16)19(24)23-7-5-20(6-8-23)28-13-14-29-20/h3-4,15H,5-14H2,1-2H3. The fourth-order valence-electron chi connectivity index (χ4n) is 4.14. The molecule has 0 radical (unpaired) electrons. The zero-order chi connectivity index (χ0) is 21.4. The second-order valence-electron chi connectivity index (χ2n) is 7.97. The molecule has 0 saturated carbocycles. The van der Waals surface area contributed by atoms with Crippen molar-refractivity contribution >= 4 is 21.6 Å². The molecule has 30 heavy (non-hydrogen) atoms. The van der Waals surface area contributed by atoms with Gasteiger partial charge in [0, 0.05) is 58.8 Å². The van der Waals surface area contributed by atoms with Crippen molar-refractivity contribution in [1.82, 2.24) is 9.21 Å². The van der Waals surface area contributed by atoms with Crippen LogP contribution in [0.5, 0.6) is 0 Å². The monoisotopic (exact) mass is 439 g/mol. The number of nitrogens with zero attached hydrogens (tertiary/aromatic N) is 3. The summed E-state index contributed by atoms with van der Waals surface area (Å²) in [5.74, 6) is -0.736. The molecule has 1 aromatic rings. The first-order valence-corrected chi connectivity index (χ1v) is 11.7. The Bertz CT molecular complexity index is 882. The van der Waals surface area contributed by atoms with Gasteiger partial charge >= 0.3 is 0 Å². The lowest BCUT2D eigenvalue weighted by atomic mass is 10.0. The zero-order valence-corrected chi connectivity index (χ0v) is 18.3. The van der Waals surface area contributed by atoms with Crippen LogP contribution in [0.4, 0.5) is 5.69 Å². The Morgan fingerprint density at radius 1 is 1.00 bits per heavy atom. The molecule has 0 N–H and O–H groups in total. The summed E-state index contributed by atoms with van der Waals surface area (Å²) in [4.78, 5) is 17.5. The molecule has 1 amide bonds. The van der Waals surface area contributed by atoms with Gasteiger partial charge in [0.25, 0.3) is 5.91 Å². The predicted molar refractivity (Wildman–Crippen MR) is 110 cm³/mol. The van der Waals surface area contributed by atoms with Gasteiger partial charge in [-0.25, -0.2) is 12.7 Å². The number of morpholine rings is 1. The number of likely N-dealkylation sites (tertiary alicyclic amines) is 1. The molecule has 0 aromatic heterocycles. The van der Waals surface area contributed by atoms with E-state index in [2.05, 4.69) is 4.90 Å². The molecule has 0 bridgehead atoms. The summed E-state index contributed by atoms with van der Waals surface area (Å²) in [5.41, 5.74) is 1.15. The first-order chi connectivity index (χ1) is 14.3. The van der Waals surface area contributed by atoms with Crippen molar-refractivity contribution in [2.45, 2.75) is 23.5 Å². The molecule has 3 fully saturated rings. The van der Waals surface area contributed by atoms with Crippen LogP contribution in [-0.2, 0) is 24.2 Å². The zero-order valence-electron chi connectivity index (χ0n) is 17.5. The Morgan fingerprint density at radius 3 is 2.23 bits per heavy atom. The number of rotatable bonds is 4. The Kier molecular flexibility index (Phi) is 6.04. The van der Waals surface area contributed by atoms with Crippen molar-refractivity contribution in [3.8, 4) is 0 Å².